The van der Waals surface area contributed by atoms with Crippen LogP contribution in [0.4, 0.5) is 0 Å². The molecule has 0 aromatic rings. The smallest absolute Gasteiger partial charge is 0.306 e. The summed E-state index contributed by atoms with van der Waals surface area (Å²) in [5.41, 5.74) is 0. The Morgan fingerprint density at radius 3 is 2.40 bits per heavy atom. The van der Waals surface area contributed by atoms with Gasteiger partial charge < -0.3 is 24.2 Å². The normalized spacial score (nSPS) is 31.6. The minimum Gasteiger partial charge on any atom is -0.481 e. The predicted octanol–water partition coefficient (Wildman–Crippen LogP) is -0.862. The number of hydrogen-bond donors (Lipinski definition) is 1. The van der Waals surface area contributed by atoms with E-state index < -0.39 is 41.4 Å². The molecule has 0 saturated carbocycles. The molecule has 2 heterocycles. The summed E-state index contributed by atoms with van der Waals surface area (Å²) in [6.45, 7) is 0.00517. The molecular formula is C10H13NO9. The second-order valence-corrected chi connectivity index (χ2v) is 4.39. The summed E-state index contributed by atoms with van der Waals surface area (Å²) >= 11 is 0. The molecule has 0 aliphatic carbocycles. The fourth-order valence-corrected chi connectivity index (χ4v) is 2.17. The van der Waals surface area contributed by atoms with Crippen LogP contribution in [-0.4, -0.2) is 59.8 Å². The van der Waals surface area contributed by atoms with E-state index in [-0.39, 0.29) is 26.1 Å². The first-order valence-electron chi connectivity index (χ1n) is 5.93. The van der Waals surface area contributed by atoms with E-state index in [1.807, 2.05) is 0 Å². The van der Waals surface area contributed by atoms with Crippen molar-refractivity contribution < 1.29 is 38.8 Å². The van der Waals surface area contributed by atoms with Gasteiger partial charge in [-0.05, 0) is 0 Å². The Morgan fingerprint density at radius 2 is 1.80 bits per heavy atom. The van der Waals surface area contributed by atoms with Crippen molar-refractivity contribution in [3.8, 4) is 0 Å². The van der Waals surface area contributed by atoms with Gasteiger partial charge in [-0.25, -0.2) is 0 Å². The highest BCUT2D eigenvalue weighted by Gasteiger charge is 2.51. The van der Waals surface area contributed by atoms with Crippen molar-refractivity contribution in [1.29, 1.82) is 0 Å². The number of carboxylic acid groups (broad SMARTS) is 1. The number of ether oxygens (including phenoxy) is 3. The van der Waals surface area contributed by atoms with Crippen LogP contribution in [-0.2, 0) is 28.6 Å². The average Bonchev–Trinajstić information content (AvgIpc) is 2.91. The minimum atomic E-state index is -1.10. The van der Waals surface area contributed by atoms with Crippen LogP contribution in [0.15, 0.2) is 0 Å². The molecule has 10 heteroatoms. The lowest BCUT2D eigenvalue weighted by Crippen LogP contribution is -2.35. The van der Waals surface area contributed by atoms with Gasteiger partial charge in [0, 0.05) is 0 Å². The van der Waals surface area contributed by atoms with E-state index in [2.05, 4.69) is 4.84 Å². The average molecular weight is 291 g/mol. The minimum absolute atomic E-state index is 0.0283. The Kier molecular flexibility index (Phi) is 4.35. The van der Waals surface area contributed by atoms with Crippen LogP contribution in [0.5, 0.6) is 0 Å². The number of esters is 1. The van der Waals surface area contributed by atoms with Crippen LogP contribution in [0, 0.1) is 10.1 Å². The molecule has 4 atom stereocenters. The summed E-state index contributed by atoms with van der Waals surface area (Å²) in [4.78, 5) is 36.4. The van der Waals surface area contributed by atoms with Crippen LogP contribution >= 0.6 is 0 Å². The highest BCUT2D eigenvalue weighted by atomic mass is 17.0. The first kappa shape index (κ1) is 14.5. The first-order valence-corrected chi connectivity index (χ1v) is 5.93. The van der Waals surface area contributed by atoms with Gasteiger partial charge in [0.15, 0.2) is 12.2 Å². The molecule has 0 spiro atoms. The number of aliphatic carboxylic acids is 1. The lowest BCUT2D eigenvalue weighted by molar-refractivity contribution is -0.769. The molecule has 1 N–H and O–H groups in total. The van der Waals surface area contributed by atoms with Crippen LogP contribution < -0.4 is 0 Å². The number of hydrogen-bond acceptors (Lipinski definition) is 8. The van der Waals surface area contributed by atoms with Gasteiger partial charge in [0.1, 0.15) is 12.2 Å². The maximum atomic E-state index is 11.4. The van der Waals surface area contributed by atoms with Crippen molar-refractivity contribution in [3.63, 3.8) is 0 Å². The SMILES string of the molecule is O=C(O)CCC(=O)O[C@H]1CO[C@H]2[C@@H]1OC[C@H]2O[N+](=O)[O-]. The fourth-order valence-electron chi connectivity index (χ4n) is 2.17. The molecule has 0 amide bonds. The van der Waals surface area contributed by atoms with Crippen molar-refractivity contribution >= 4 is 11.9 Å². The molecular weight excluding hydrogens is 278 g/mol. The van der Waals surface area contributed by atoms with Gasteiger partial charge in [0.2, 0.25) is 0 Å². The Bertz CT molecular complexity index is 412. The quantitative estimate of drug-likeness (QED) is 0.376. The molecule has 0 bridgehead atoms. The zero-order chi connectivity index (χ0) is 14.7. The molecule has 20 heavy (non-hydrogen) atoms. The van der Waals surface area contributed by atoms with Gasteiger partial charge >= 0.3 is 11.9 Å². The molecule has 0 unspecified atom stereocenters. The zero-order valence-electron chi connectivity index (χ0n) is 10.3. The van der Waals surface area contributed by atoms with E-state index in [0.717, 1.165) is 0 Å². The standard InChI is InChI=1S/C10H13NO9/c12-7(13)1-2-8(14)19-5-3-17-10-6(20-11(15)16)4-18-9(5)10/h5-6,9-10H,1-4H2,(H,12,13)/t5-,6+,9+,10+/m0/s1. The summed E-state index contributed by atoms with van der Waals surface area (Å²) in [5, 5.41) is 17.8. The topological polar surface area (TPSA) is 134 Å². The number of carbonyl (C=O) groups excluding carboxylic acids is 1. The maximum absolute atomic E-state index is 11.4. The number of fused-ring (bicyclic) bond motifs is 1. The van der Waals surface area contributed by atoms with E-state index in [4.69, 9.17) is 19.3 Å². The Labute approximate surface area is 112 Å². The van der Waals surface area contributed by atoms with Crippen molar-refractivity contribution in [2.45, 2.75) is 37.3 Å². The molecule has 112 valence electrons. The monoisotopic (exact) mass is 291 g/mol. The van der Waals surface area contributed by atoms with E-state index in [9.17, 15) is 19.7 Å². The second kappa shape index (κ2) is 6.01. The summed E-state index contributed by atoms with van der Waals surface area (Å²) in [6, 6.07) is 0. The van der Waals surface area contributed by atoms with Crippen LogP contribution in [0.3, 0.4) is 0 Å². The fraction of sp³-hybridized carbons (Fsp3) is 0.800. The lowest BCUT2D eigenvalue weighted by Gasteiger charge is -2.16. The molecule has 2 rings (SSSR count). The van der Waals surface area contributed by atoms with Crippen molar-refractivity contribution in [3.05, 3.63) is 10.1 Å². The number of nitrogens with zero attached hydrogens (tertiary/aromatic N) is 1. The molecule has 2 fully saturated rings. The number of carbonyl (C=O) groups is 2. The molecule has 10 nitrogen and oxygen atoms in total. The summed E-state index contributed by atoms with van der Waals surface area (Å²) < 4.78 is 15.6. The van der Waals surface area contributed by atoms with Gasteiger partial charge in [-0.1, -0.05) is 0 Å². The largest absolute Gasteiger partial charge is 0.481 e. The van der Waals surface area contributed by atoms with Crippen molar-refractivity contribution in [2.24, 2.45) is 0 Å². The third-order valence-corrected chi connectivity index (χ3v) is 3.01. The molecule has 2 saturated heterocycles. The van der Waals surface area contributed by atoms with E-state index >= 15 is 0 Å². The number of rotatable bonds is 6. The third-order valence-electron chi connectivity index (χ3n) is 3.01. The highest BCUT2D eigenvalue weighted by Crippen LogP contribution is 2.30. The lowest BCUT2D eigenvalue weighted by atomic mass is 10.1. The zero-order valence-corrected chi connectivity index (χ0v) is 10.3. The van der Waals surface area contributed by atoms with Gasteiger partial charge in [-0.2, -0.15) is 0 Å². The molecule has 0 aromatic heterocycles. The molecule has 0 aromatic carbocycles. The maximum Gasteiger partial charge on any atom is 0.306 e. The summed E-state index contributed by atoms with van der Waals surface area (Å²) in [7, 11) is 0. The predicted molar refractivity (Wildman–Crippen MR) is 58.1 cm³/mol. The van der Waals surface area contributed by atoms with E-state index in [1.165, 1.54) is 0 Å². The Balaban J connectivity index is 1.83. The van der Waals surface area contributed by atoms with Crippen molar-refractivity contribution in [2.75, 3.05) is 13.2 Å². The molecule has 2 aliphatic heterocycles. The van der Waals surface area contributed by atoms with Gasteiger partial charge in [0.25, 0.3) is 5.09 Å². The van der Waals surface area contributed by atoms with Crippen LogP contribution in [0.2, 0.25) is 0 Å². The van der Waals surface area contributed by atoms with Gasteiger partial charge in [-0.3, -0.25) is 9.59 Å². The summed E-state index contributed by atoms with van der Waals surface area (Å²) in [6.07, 6.45) is -3.43. The van der Waals surface area contributed by atoms with Crippen LogP contribution in [0.25, 0.3) is 0 Å². The van der Waals surface area contributed by atoms with E-state index in [1.54, 1.807) is 0 Å². The second-order valence-electron chi connectivity index (χ2n) is 4.39. The Hall–Kier alpha value is -1.94. The van der Waals surface area contributed by atoms with E-state index in [0.29, 0.717) is 0 Å². The molecule has 0 radical (unpaired) electrons. The first-order chi connectivity index (χ1) is 9.47. The Morgan fingerprint density at radius 1 is 1.20 bits per heavy atom. The van der Waals surface area contributed by atoms with Gasteiger partial charge in [-0.15, -0.1) is 10.1 Å². The van der Waals surface area contributed by atoms with Crippen LogP contribution in [0.1, 0.15) is 12.8 Å². The number of carboxylic acids is 1. The van der Waals surface area contributed by atoms with Gasteiger partial charge in [0.05, 0.1) is 26.1 Å². The third kappa shape index (κ3) is 3.33. The molecule has 2 aliphatic rings. The van der Waals surface area contributed by atoms with Crippen molar-refractivity contribution in [1.82, 2.24) is 0 Å². The highest BCUT2D eigenvalue weighted by molar-refractivity contribution is 5.76. The summed E-state index contributed by atoms with van der Waals surface area (Å²) in [5.74, 6) is -1.78.